The van der Waals surface area contributed by atoms with Gasteiger partial charge in [0.05, 0.1) is 16.9 Å². The van der Waals surface area contributed by atoms with Crippen LogP contribution in [0.4, 0.5) is 24.7 Å². The monoisotopic (exact) mass is 498 g/mol. The molecule has 0 atom stereocenters. The molecule has 3 N–H and O–H groups in total. The SMILES string of the molecule is CCCCN(C(=O)CSc1nc(C)cc(C(F)(F)F)c1C#N)c1c(N)n(CCC)c(=O)[nH]c1=O. The van der Waals surface area contributed by atoms with Gasteiger partial charge in [0.25, 0.3) is 5.56 Å². The molecule has 0 aliphatic carbocycles. The first-order chi connectivity index (χ1) is 16.0. The Hall–Kier alpha value is -3.27. The zero-order valence-electron chi connectivity index (χ0n) is 19.0. The van der Waals surface area contributed by atoms with Gasteiger partial charge >= 0.3 is 11.9 Å². The summed E-state index contributed by atoms with van der Waals surface area (Å²) < 4.78 is 41.2. The fourth-order valence-electron chi connectivity index (χ4n) is 3.25. The lowest BCUT2D eigenvalue weighted by Gasteiger charge is -2.24. The maximum atomic E-state index is 13.4. The van der Waals surface area contributed by atoms with Crippen molar-refractivity contribution < 1.29 is 18.0 Å². The highest BCUT2D eigenvalue weighted by Gasteiger charge is 2.36. The number of hydrogen-bond acceptors (Lipinski definition) is 7. The summed E-state index contributed by atoms with van der Waals surface area (Å²) in [5.74, 6) is -1.20. The molecule has 2 aromatic rings. The number of halogens is 3. The lowest BCUT2D eigenvalue weighted by atomic mass is 10.1. The number of hydrogen-bond donors (Lipinski definition) is 2. The Bertz CT molecular complexity index is 1220. The molecule has 0 unspecified atom stereocenters. The van der Waals surface area contributed by atoms with Crippen LogP contribution in [0, 0.1) is 18.3 Å². The number of pyridine rings is 1. The summed E-state index contributed by atoms with van der Waals surface area (Å²) in [4.78, 5) is 45.1. The Kier molecular flexibility index (Phi) is 8.92. The molecule has 0 saturated carbocycles. The third-order valence-corrected chi connectivity index (χ3v) is 5.79. The number of carbonyl (C=O) groups excluding carboxylic acids is 1. The highest BCUT2D eigenvalue weighted by Crippen LogP contribution is 2.36. The summed E-state index contributed by atoms with van der Waals surface area (Å²) in [6.07, 6.45) is -3.03. The summed E-state index contributed by atoms with van der Waals surface area (Å²) in [7, 11) is 0. The predicted molar refractivity (Wildman–Crippen MR) is 123 cm³/mol. The maximum Gasteiger partial charge on any atom is 0.417 e. The average molecular weight is 499 g/mol. The van der Waals surface area contributed by atoms with Crippen molar-refractivity contribution in [3.8, 4) is 6.07 Å². The molecule has 0 fully saturated rings. The summed E-state index contributed by atoms with van der Waals surface area (Å²) in [6, 6.07) is 2.29. The van der Waals surface area contributed by atoms with Crippen molar-refractivity contribution in [2.75, 3.05) is 22.9 Å². The second-order valence-corrected chi connectivity index (χ2v) is 8.40. The zero-order valence-corrected chi connectivity index (χ0v) is 19.8. The van der Waals surface area contributed by atoms with Gasteiger partial charge in [-0.1, -0.05) is 32.0 Å². The van der Waals surface area contributed by atoms with Crippen LogP contribution in [-0.2, 0) is 17.5 Å². The van der Waals surface area contributed by atoms with Crippen molar-refractivity contribution in [2.45, 2.75) is 57.8 Å². The summed E-state index contributed by atoms with van der Waals surface area (Å²) in [6.45, 7) is 5.36. The van der Waals surface area contributed by atoms with Crippen LogP contribution in [0.2, 0.25) is 0 Å². The first-order valence-electron chi connectivity index (χ1n) is 10.5. The van der Waals surface area contributed by atoms with Crippen LogP contribution in [0.25, 0.3) is 0 Å². The number of nitriles is 1. The molecule has 0 bridgehead atoms. The van der Waals surface area contributed by atoms with Crippen LogP contribution in [0.5, 0.6) is 0 Å². The summed E-state index contributed by atoms with van der Waals surface area (Å²) in [5.41, 5.74) is 2.58. The predicted octanol–water partition coefficient (Wildman–Crippen LogP) is 3.05. The van der Waals surface area contributed by atoms with Gasteiger partial charge in [-0.15, -0.1) is 0 Å². The highest BCUT2D eigenvalue weighted by atomic mass is 32.2. The lowest BCUT2D eigenvalue weighted by molar-refractivity contribution is -0.138. The Morgan fingerprint density at radius 3 is 2.56 bits per heavy atom. The molecule has 34 heavy (non-hydrogen) atoms. The number of amides is 1. The Balaban J connectivity index is 2.47. The van der Waals surface area contributed by atoms with E-state index in [0.717, 1.165) is 15.5 Å². The fraction of sp³-hybridized carbons (Fsp3) is 0.476. The number of anilines is 2. The first-order valence-corrected chi connectivity index (χ1v) is 11.5. The van der Waals surface area contributed by atoms with Crippen LogP contribution in [0.15, 0.2) is 20.7 Å². The van der Waals surface area contributed by atoms with Crippen LogP contribution >= 0.6 is 11.8 Å². The number of aromatic amines is 1. The molecule has 0 saturated heterocycles. The number of aromatic nitrogens is 3. The zero-order chi connectivity index (χ0) is 25.6. The molecule has 9 nitrogen and oxygen atoms in total. The van der Waals surface area contributed by atoms with Gasteiger partial charge in [0.2, 0.25) is 5.91 Å². The Labute approximate surface area is 197 Å². The third kappa shape index (κ3) is 5.99. The van der Waals surface area contributed by atoms with E-state index in [0.29, 0.717) is 31.0 Å². The molecule has 1 amide bonds. The number of alkyl halides is 3. The van der Waals surface area contributed by atoms with Crippen molar-refractivity contribution in [2.24, 2.45) is 0 Å². The largest absolute Gasteiger partial charge is 0.417 e. The summed E-state index contributed by atoms with van der Waals surface area (Å²) in [5, 5.41) is 9.07. The quantitative estimate of drug-likeness (QED) is 0.507. The van der Waals surface area contributed by atoms with E-state index in [-0.39, 0.29) is 35.3 Å². The van der Waals surface area contributed by atoms with Gasteiger partial charge in [-0.25, -0.2) is 9.78 Å². The topological polar surface area (TPSA) is 138 Å². The molecular weight excluding hydrogens is 473 g/mol. The number of aryl methyl sites for hydroxylation is 1. The average Bonchev–Trinajstić information content (AvgIpc) is 2.76. The van der Waals surface area contributed by atoms with E-state index in [4.69, 9.17) is 5.73 Å². The second-order valence-electron chi connectivity index (χ2n) is 7.43. The van der Waals surface area contributed by atoms with E-state index in [1.165, 1.54) is 13.0 Å². The molecule has 13 heteroatoms. The van der Waals surface area contributed by atoms with Gasteiger partial charge in [0.1, 0.15) is 16.9 Å². The number of nitrogens with two attached hydrogens (primary N) is 1. The van der Waals surface area contributed by atoms with E-state index in [2.05, 4.69) is 9.97 Å². The number of nitrogens with zero attached hydrogens (tertiary/aromatic N) is 4. The minimum absolute atomic E-state index is 0.0384. The summed E-state index contributed by atoms with van der Waals surface area (Å²) >= 11 is 0.664. The second kappa shape index (κ2) is 11.2. The minimum Gasteiger partial charge on any atom is -0.383 e. The minimum atomic E-state index is -4.76. The van der Waals surface area contributed by atoms with Crippen molar-refractivity contribution in [1.29, 1.82) is 5.26 Å². The van der Waals surface area contributed by atoms with E-state index in [1.54, 1.807) is 0 Å². The van der Waals surface area contributed by atoms with E-state index < -0.39 is 40.2 Å². The molecule has 0 radical (unpaired) electrons. The lowest BCUT2D eigenvalue weighted by Crippen LogP contribution is -2.42. The van der Waals surface area contributed by atoms with Gasteiger partial charge in [-0.2, -0.15) is 18.4 Å². The number of nitrogen functional groups attached to an aromatic ring is 1. The van der Waals surface area contributed by atoms with Gasteiger partial charge in [0.15, 0.2) is 5.69 Å². The van der Waals surface area contributed by atoms with Gasteiger partial charge in [-0.3, -0.25) is 19.1 Å². The molecule has 0 aliphatic rings. The molecule has 2 aromatic heterocycles. The van der Waals surface area contributed by atoms with E-state index in [9.17, 15) is 32.8 Å². The standard InChI is InChI=1S/C21H25F3N6O3S/c1-4-6-8-29(16-17(26)30(7-5-2)20(33)28-18(16)32)15(31)11-34-19-13(10-25)14(21(22,23)24)9-12(3)27-19/h9H,4-8,11,26H2,1-3H3,(H,28,32,33). The van der Waals surface area contributed by atoms with Crippen LogP contribution < -0.4 is 21.9 Å². The van der Waals surface area contributed by atoms with Crippen LogP contribution in [-0.4, -0.2) is 32.7 Å². The van der Waals surface area contributed by atoms with E-state index in [1.807, 2.05) is 13.8 Å². The van der Waals surface area contributed by atoms with Crippen molar-refractivity contribution in [3.05, 3.63) is 43.7 Å². The molecular formula is C21H25F3N6O3S. The molecule has 2 heterocycles. The first kappa shape index (κ1) is 27.0. The van der Waals surface area contributed by atoms with E-state index >= 15 is 0 Å². The third-order valence-electron chi connectivity index (χ3n) is 4.83. The van der Waals surface area contributed by atoms with Crippen molar-refractivity contribution in [1.82, 2.24) is 14.5 Å². The molecule has 0 spiro atoms. The molecule has 0 aliphatic heterocycles. The van der Waals surface area contributed by atoms with Gasteiger partial charge in [0, 0.05) is 18.8 Å². The fourth-order valence-corrected chi connectivity index (χ4v) is 4.17. The number of nitrogens with one attached hydrogen (secondary N) is 1. The Morgan fingerprint density at radius 2 is 2.00 bits per heavy atom. The molecule has 0 aromatic carbocycles. The highest BCUT2D eigenvalue weighted by molar-refractivity contribution is 8.00. The number of thioether (sulfide) groups is 1. The van der Waals surface area contributed by atoms with Crippen molar-refractivity contribution in [3.63, 3.8) is 0 Å². The molecule has 2 rings (SSSR count). The number of unbranched alkanes of at least 4 members (excludes halogenated alkanes) is 1. The molecule has 184 valence electrons. The maximum absolute atomic E-state index is 13.4. The van der Waals surface area contributed by atoms with Crippen molar-refractivity contribution >= 4 is 29.2 Å². The number of rotatable bonds is 9. The van der Waals surface area contributed by atoms with Crippen LogP contribution in [0.3, 0.4) is 0 Å². The smallest absolute Gasteiger partial charge is 0.383 e. The van der Waals surface area contributed by atoms with Gasteiger partial charge in [-0.05, 0) is 25.8 Å². The number of carbonyl (C=O) groups is 1. The van der Waals surface area contributed by atoms with Crippen LogP contribution in [0.1, 0.15) is 49.9 Å². The normalized spacial score (nSPS) is 11.3. The Morgan fingerprint density at radius 1 is 1.32 bits per heavy atom. The number of H-pyrrole nitrogens is 1. The van der Waals surface area contributed by atoms with Gasteiger partial charge < -0.3 is 10.6 Å².